The number of rotatable bonds is 8. The molecule has 0 aliphatic carbocycles. The molecule has 182 valence electrons. The SMILES string of the molecule is CC(C)(C)[Si](C)(C)OC[C@H]1O[C@@H](n2ccc(=O)n(COCc3ccccc3)c2=O)[C@H](O)[C@@H]1O. The van der Waals surface area contributed by atoms with E-state index in [4.69, 9.17) is 13.9 Å². The molecule has 33 heavy (non-hydrogen) atoms. The van der Waals surface area contributed by atoms with Crippen molar-refractivity contribution >= 4 is 8.32 Å². The molecule has 1 aliphatic heterocycles. The lowest BCUT2D eigenvalue weighted by Crippen LogP contribution is -2.44. The van der Waals surface area contributed by atoms with Gasteiger partial charge in [-0.2, -0.15) is 0 Å². The molecule has 3 rings (SSSR count). The van der Waals surface area contributed by atoms with Crippen molar-refractivity contribution in [1.29, 1.82) is 0 Å². The van der Waals surface area contributed by atoms with Gasteiger partial charge in [-0.05, 0) is 23.7 Å². The summed E-state index contributed by atoms with van der Waals surface area (Å²) in [7, 11) is -2.10. The normalized spacial score (nSPS) is 23.7. The van der Waals surface area contributed by atoms with Crippen LogP contribution in [0.5, 0.6) is 0 Å². The van der Waals surface area contributed by atoms with Crippen molar-refractivity contribution < 1.29 is 24.1 Å². The Hall–Kier alpha value is -2.08. The van der Waals surface area contributed by atoms with Crippen LogP contribution in [0.15, 0.2) is 52.2 Å². The van der Waals surface area contributed by atoms with E-state index in [2.05, 4.69) is 33.9 Å². The minimum absolute atomic E-state index is 0.0270. The highest BCUT2D eigenvalue weighted by atomic mass is 28.4. The van der Waals surface area contributed by atoms with Crippen LogP contribution < -0.4 is 11.2 Å². The number of aliphatic hydroxyl groups is 2. The van der Waals surface area contributed by atoms with Crippen LogP contribution in [0.25, 0.3) is 0 Å². The first-order valence-electron chi connectivity index (χ1n) is 11.0. The monoisotopic (exact) mass is 478 g/mol. The van der Waals surface area contributed by atoms with Gasteiger partial charge in [0, 0.05) is 12.3 Å². The van der Waals surface area contributed by atoms with Crippen LogP contribution in [-0.4, -0.2) is 52.6 Å². The van der Waals surface area contributed by atoms with E-state index in [-0.39, 0.29) is 25.0 Å². The molecule has 1 aromatic heterocycles. The maximum Gasteiger partial charge on any atom is 0.335 e. The van der Waals surface area contributed by atoms with Crippen molar-refractivity contribution in [2.45, 2.75) is 76.8 Å². The minimum Gasteiger partial charge on any atom is -0.414 e. The van der Waals surface area contributed by atoms with Crippen LogP contribution in [0, 0.1) is 0 Å². The fourth-order valence-corrected chi connectivity index (χ4v) is 4.29. The Morgan fingerprint density at radius 3 is 2.36 bits per heavy atom. The number of ether oxygens (including phenoxy) is 2. The second-order valence-electron chi connectivity index (χ2n) is 9.85. The molecule has 10 heteroatoms. The number of benzene rings is 1. The number of aliphatic hydroxyl groups excluding tert-OH is 2. The molecule has 1 fully saturated rings. The van der Waals surface area contributed by atoms with Crippen molar-refractivity contribution in [2.24, 2.45) is 0 Å². The number of nitrogens with zero attached hydrogens (tertiary/aromatic N) is 2. The fraction of sp³-hybridized carbons (Fsp3) is 0.565. The Bertz CT molecular complexity index is 1050. The van der Waals surface area contributed by atoms with Crippen LogP contribution in [0.3, 0.4) is 0 Å². The van der Waals surface area contributed by atoms with E-state index in [1.54, 1.807) is 0 Å². The van der Waals surface area contributed by atoms with Gasteiger partial charge < -0.3 is 24.1 Å². The zero-order valence-electron chi connectivity index (χ0n) is 19.8. The van der Waals surface area contributed by atoms with Crippen molar-refractivity contribution in [1.82, 2.24) is 9.13 Å². The third-order valence-electron chi connectivity index (χ3n) is 6.45. The summed E-state index contributed by atoms with van der Waals surface area (Å²) >= 11 is 0. The zero-order chi connectivity index (χ0) is 24.4. The van der Waals surface area contributed by atoms with Crippen molar-refractivity contribution in [2.75, 3.05) is 6.61 Å². The van der Waals surface area contributed by atoms with E-state index in [1.165, 1.54) is 12.3 Å². The van der Waals surface area contributed by atoms with Gasteiger partial charge in [-0.25, -0.2) is 9.36 Å². The van der Waals surface area contributed by atoms with Gasteiger partial charge in [0.05, 0.1) is 13.2 Å². The first-order chi connectivity index (χ1) is 15.4. The molecule has 2 aromatic rings. The van der Waals surface area contributed by atoms with Gasteiger partial charge in [-0.1, -0.05) is 51.1 Å². The van der Waals surface area contributed by atoms with Gasteiger partial charge in [0.2, 0.25) is 0 Å². The van der Waals surface area contributed by atoms with Crippen LogP contribution >= 0.6 is 0 Å². The van der Waals surface area contributed by atoms with Gasteiger partial charge in [0.25, 0.3) is 5.56 Å². The Kier molecular flexibility index (Phi) is 7.77. The number of hydrogen-bond acceptors (Lipinski definition) is 7. The number of hydrogen-bond donors (Lipinski definition) is 2. The molecule has 1 aliphatic rings. The lowest BCUT2D eigenvalue weighted by atomic mass is 10.1. The molecule has 4 atom stereocenters. The second kappa shape index (κ2) is 10.0. The van der Waals surface area contributed by atoms with Crippen LogP contribution in [0.4, 0.5) is 0 Å². The maximum atomic E-state index is 13.0. The Balaban J connectivity index is 1.72. The average Bonchev–Trinajstić information content (AvgIpc) is 3.03. The first-order valence-corrected chi connectivity index (χ1v) is 13.9. The van der Waals surface area contributed by atoms with E-state index in [9.17, 15) is 19.8 Å². The van der Waals surface area contributed by atoms with Crippen LogP contribution in [0.1, 0.15) is 32.6 Å². The fourth-order valence-electron chi connectivity index (χ4n) is 3.28. The molecule has 0 unspecified atom stereocenters. The molecule has 0 radical (unpaired) electrons. The topological polar surface area (TPSA) is 112 Å². The largest absolute Gasteiger partial charge is 0.414 e. The average molecular weight is 479 g/mol. The lowest BCUT2D eigenvalue weighted by Gasteiger charge is -2.37. The Morgan fingerprint density at radius 2 is 1.73 bits per heavy atom. The molecule has 2 N–H and O–H groups in total. The van der Waals surface area contributed by atoms with Crippen molar-refractivity contribution in [3.05, 3.63) is 69.0 Å². The molecule has 2 heterocycles. The third kappa shape index (κ3) is 5.71. The van der Waals surface area contributed by atoms with Crippen LogP contribution in [-0.2, 0) is 27.2 Å². The summed E-state index contributed by atoms with van der Waals surface area (Å²) in [5.41, 5.74) is -0.322. The highest BCUT2D eigenvalue weighted by molar-refractivity contribution is 6.74. The summed E-state index contributed by atoms with van der Waals surface area (Å²) in [4.78, 5) is 25.2. The summed E-state index contributed by atoms with van der Waals surface area (Å²) in [5.74, 6) is 0. The smallest absolute Gasteiger partial charge is 0.335 e. The summed E-state index contributed by atoms with van der Waals surface area (Å²) in [6, 6.07) is 10.6. The van der Waals surface area contributed by atoms with E-state index in [0.29, 0.717) is 0 Å². The first kappa shape index (κ1) is 25.5. The van der Waals surface area contributed by atoms with E-state index in [0.717, 1.165) is 14.7 Å². The molecule has 0 saturated carbocycles. The summed E-state index contributed by atoms with van der Waals surface area (Å²) in [5, 5.41) is 21.1. The van der Waals surface area contributed by atoms with Crippen molar-refractivity contribution in [3.8, 4) is 0 Å². The second-order valence-corrected chi connectivity index (χ2v) is 14.7. The quantitative estimate of drug-likeness (QED) is 0.557. The van der Waals surface area contributed by atoms with Gasteiger partial charge >= 0.3 is 5.69 Å². The highest BCUT2D eigenvalue weighted by Crippen LogP contribution is 2.37. The number of aromatic nitrogens is 2. The van der Waals surface area contributed by atoms with Gasteiger partial charge in [-0.3, -0.25) is 9.36 Å². The molecule has 1 aromatic carbocycles. The Labute approximate surface area is 194 Å². The summed E-state index contributed by atoms with van der Waals surface area (Å²) < 4.78 is 19.5. The molecule has 9 nitrogen and oxygen atoms in total. The van der Waals surface area contributed by atoms with E-state index >= 15 is 0 Å². The highest BCUT2D eigenvalue weighted by Gasteiger charge is 2.46. The third-order valence-corrected chi connectivity index (χ3v) is 11.0. The standard InChI is InChI=1S/C23H34N2O7Si/c1-23(2,3)33(4,5)31-14-17-19(27)20(28)21(32-17)24-12-11-18(26)25(22(24)29)15-30-13-16-9-7-6-8-10-16/h6-12,17,19-21,27-28H,13-15H2,1-5H3/t17-,19-,20-,21-/m1/s1. The lowest BCUT2D eigenvalue weighted by molar-refractivity contribution is -0.0548. The molecule has 0 spiro atoms. The summed E-state index contributed by atoms with van der Waals surface area (Å²) in [6.07, 6.45) is -3.29. The predicted molar refractivity (Wildman–Crippen MR) is 125 cm³/mol. The molecule has 0 amide bonds. The van der Waals surface area contributed by atoms with Crippen molar-refractivity contribution in [3.63, 3.8) is 0 Å². The predicted octanol–water partition coefficient (Wildman–Crippen LogP) is 1.83. The minimum atomic E-state index is -2.10. The van der Waals surface area contributed by atoms with Gasteiger partial charge in [0.1, 0.15) is 25.0 Å². The Morgan fingerprint density at radius 1 is 1.06 bits per heavy atom. The van der Waals surface area contributed by atoms with E-state index in [1.807, 2.05) is 30.3 Å². The van der Waals surface area contributed by atoms with Gasteiger partial charge in [0.15, 0.2) is 14.5 Å². The maximum absolute atomic E-state index is 13.0. The molecular formula is C23H34N2O7Si. The zero-order valence-corrected chi connectivity index (χ0v) is 20.8. The van der Waals surface area contributed by atoms with E-state index < -0.39 is 44.1 Å². The van der Waals surface area contributed by atoms with Crippen LogP contribution in [0.2, 0.25) is 18.1 Å². The molecule has 1 saturated heterocycles. The molecule has 0 bridgehead atoms. The van der Waals surface area contributed by atoms with Gasteiger partial charge in [-0.15, -0.1) is 0 Å². The summed E-state index contributed by atoms with van der Waals surface area (Å²) in [6.45, 7) is 10.5. The molecular weight excluding hydrogens is 444 g/mol.